The Morgan fingerprint density at radius 2 is 1.71 bits per heavy atom. The van der Waals surface area contributed by atoms with E-state index in [1.54, 1.807) is 10.9 Å². The zero-order chi connectivity index (χ0) is 17.1. The van der Waals surface area contributed by atoms with Gasteiger partial charge in [-0.2, -0.15) is 0 Å². The Bertz CT molecular complexity index is 915. The van der Waals surface area contributed by atoms with Gasteiger partial charge in [0.05, 0.1) is 16.9 Å². The van der Waals surface area contributed by atoms with Gasteiger partial charge in [-0.25, -0.2) is 4.68 Å². The predicted octanol–water partition coefficient (Wildman–Crippen LogP) is 3.57. The lowest BCUT2D eigenvalue weighted by atomic mass is 10.2. The molecule has 0 aliphatic carbocycles. The number of anilines is 1. The minimum absolute atomic E-state index is 0.105. The largest absolute Gasteiger partial charge is 0.388 e. The van der Waals surface area contributed by atoms with Gasteiger partial charge in [-0.1, -0.05) is 17.7 Å². The summed E-state index contributed by atoms with van der Waals surface area (Å²) in [4.78, 5) is 17.0. The molecule has 1 aromatic heterocycles. The van der Waals surface area contributed by atoms with E-state index < -0.39 is 0 Å². The van der Waals surface area contributed by atoms with Gasteiger partial charge in [-0.3, -0.25) is 14.9 Å². The second-order valence-electron chi connectivity index (χ2n) is 5.68. The number of benzene rings is 2. The average molecular weight is 320 g/mol. The van der Waals surface area contributed by atoms with Crippen molar-refractivity contribution in [2.75, 3.05) is 12.4 Å². The second kappa shape index (κ2) is 6.58. The lowest BCUT2D eigenvalue weighted by molar-refractivity contribution is 0.835. The van der Waals surface area contributed by atoms with Crippen LogP contribution in [-0.2, 0) is 0 Å². The van der Waals surface area contributed by atoms with Crippen molar-refractivity contribution in [1.82, 2.24) is 9.78 Å². The smallest absolute Gasteiger partial charge is 0.280 e. The van der Waals surface area contributed by atoms with Crippen LogP contribution in [-0.4, -0.2) is 23.0 Å². The minimum Gasteiger partial charge on any atom is -0.388 e. The number of H-pyrrole nitrogens is 1. The Morgan fingerprint density at radius 3 is 2.33 bits per heavy atom. The van der Waals surface area contributed by atoms with Gasteiger partial charge in [-0.15, -0.1) is 0 Å². The molecule has 0 saturated carbocycles. The first kappa shape index (κ1) is 15.8. The third kappa shape index (κ3) is 3.15. The van der Waals surface area contributed by atoms with Crippen LogP contribution >= 0.6 is 0 Å². The number of hydrogen-bond acceptors (Lipinski definition) is 3. The van der Waals surface area contributed by atoms with Crippen LogP contribution < -0.4 is 10.9 Å². The van der Waals surface area contributed by atoms with E-state index in [-0.39, 0.29) is 5.56 Å². The fourth-order valence-electron chi connectivity index (χ4n) is 2.44. The van der Waals surface area contributed by atoms with Gasteiger partial charge in [-0.05, 0) is 50.2 Å². The number of aromatic nitrogens is 2. The van der Waals surface area contributed by atoms with Gasteiger partial charge in [0.15, 0.2) is 0 Å². The van der Waals surface area contributed by atoms with Gasteiger partial charge >= 0.3 is 0 Å². The predicted molar refractivity (Wildman–Crippen MR) is 99.1 cm³/mol. The van der Waals surface area contributed by atoms with Gasteiger partial charge in [0, 0.05) is 24.6 Å². The molecule has 5 nitrogen and oxygen atoms in total. The lowest BCUT2D eigenvalue weighted by Crippen LogP contribution is -2.17. The third-order valence-corrected chi connectivity index (χ3v) is 3.91. The number of hydrogen-bond donors (Lipinski definition) is 2. The Morgan fingerprint density at radius 1 is 1.04 bits per heavy atom. The maximum atomic E-state index is 12.6. The Hall–Kier alpha value is -3.08. The third-order valence-electron chi connectivity index (χ3n) is 3.91. The molecule has 1 heterocycles. The van der Waals surface area contributed by atoms with E-state index in [1.807, 2.05) is 69.4 Å². The van der Waals surface area contributed by atoms with Crippen molar-refractivity contribution in [3.8, 4) is 5.69 Å². The van der Waals surface area contributed by atoms with E-state index in [4.69, 9.17) is 0 Å². The highest BCUT2D eigenvalue weighted by atomic mass is 16.1. The van der Waals surface area contributed by atoms with E-state index in [2.05, 4.69) is 15.4 Å². The maximum absolute atomic E-state index is 12.6. The first-order valence-corrected chi connectivity index (χ1v) is 7.79. The summed E-state index contributed by atoms with van der Waals surface area (Å²) in [5.41, 5.74) is 5.04. The van der Waals surface area contributed by atoms with Crippen LogP contribution in [0.25, 0.3) is 5.69 Å². The second-order valence-corrected chi connectivity index (χ2v) is 5.68. The van der Waals surface area contributed by atoms with Crippen LogP contribution in [0.2, 0.25) is 0 Å². The van der Waals surface area contributed by atoms with Crippen LogP contribution in [0.5, 0.6) is 0 Å². The number of nitrogens with one attached hydrogen (secondary N) is 2. The molecule has 0 atom stereocenters. The monoisotopic (exact) mass is 320 g/mol. The zero-order valence-corrected chi connectivity index (χ0v) is 14.0. The SMILES string of the molecule is CNc1ccc(N=Cc2c(C)[nH]n(-c3ccc(C)cc3)c2=O)cc1. The first-order valence-electron chi connectivity index (χ1n) is 7.79. The minimum atomic E-state index is -0.105. The maximum Gasteiger partial charge on any atom is 0.280 e. The molecule has 3 aromatic rings. The summed E-state index contributed by atoms with van der Waals surface area (Å²) in [5.74, 6) is 0. The molecule has 0 saturated heterocycles. The summed E-state index contributed by atoms with van der Waals surface area (Å²) in [5, 5.41) is 6.17. The van der Waals surface area contributed by atoms with Crippen molar-refractivity contribution in [3.63, 3.8) is 0 Å². The summed E-state index contributed by atoms with van der Waals surface area (Å²) < 4.78 is 1.54. The highest BCUT2D eigenvalue weighted by molar-refractivity contribution is 5.83. The molecule has 5 heteroatoms. The van der Waals surface area contributed by atoms with Gasteiger partial charge in [0.1, 0.15) is 0 Å². The number of aryl methyl sites for hydroxylation is 2. The van der Waals surface area contributed by atoms with Crippen molar-refractivity contribution < 1.29 is 0 Å². The molecule has 0 bridgehead atoms. The van der Waals surface area contributed by atoms with Crippen LogP contribution in [0.15, 0.2) is 58.3 Å². The zero-order valence-electron chi connectivity index (χ0n) is 14.0. The molecular formula is C19H20N4O. The summed E-state index contributed by atoms with van der Waals surface area (Å²) in [6.45, 7) is 3.89. The quantitative estimate of drug-likeness (QED) is 0.722. The summed E-state index contributed by atoms with van der Waals surface area (Å²) in [7, 11) is 1.87. The number of nitrogens with zero attached hydrogens (tertiary/aromatic N) is 2. The van der Waals surface area contributed by atoms with Crippen LogP contribution in [0.4, 0.5) is 11.4 Å². The molecular weight excluding hydrogens is 300 g/mol. The van der Waals surface area contributed by atoms with Crippen molar-refractivity contribution in [2.24, 2.45) is 4.99 Å². The van der Waals surface area contributed by atoms with E-state index in [9.17, 15) is 4.79 Å². The molecule has 2 aromatic carbocycles. The standard InChI is InChI=1S/C19H20N4O/c1-13-4-10-17(11-5-13)23-19(24)18(14(2)22-23)12-21-16-8-6-15(20-3)7-9-16/h4-12,20,22H,1-3H3. The summed E-state index contributed by atoms with van der Waals surface area (Å²) >= 11 is 0. The normalized spacial score (nSPS) is 11.1. The molecule has 0 aliphatic heterocycles. The van der Waals surface area contributed by atoms with Crippen molar-refractivity contribution in [3.05, 3.63) is 75.7 Å². The first-order chi connectivity index (χ1) is 11.6. The molecule has 3 rings (SSSR count). The van der Waals surface area contributed by atoms with E-state index in [0.29, 0.717) is 5.56 Å². The van der Waals surface area contributed by atoms with Gasteiger partial charge in [0.25, 0.3) is 5.56 Å². The molecule has 0 amide bonds. The van der Waals surface area contributed by atoms with Gasteiger partial charge in [0.2, 0.25) is 0 Å². The van der Waals surface area contributed by atoms with Crippen molar-refractivity contribution in [2.45, 2.75) is 13.8 Å². The molecule has 2 N–H and O–H groups in total. The molecule has 0 unspecified atom stereocenters. The van der Waals surface area contributed by atoms with E-state index >= 15 is 0 Å². The summed E-state index contributed by atoms with van der Waals surface area (Å²) in [6.07, 6.45) is 1.62. The van der Waals surface area contributed by atoms with E-state index in [1.165, 1.54) is 0 Å². The Labute approximate surface area is 140 Å². The fraction of sp³-hybridized carbons (Fsp3) is 0.158. The number of rotatable bonds is 4. The number of aliphatic imine (C=N–C) groups is 1. The van der Waals surface area contributed by atoms with Crippen LogP contribution in [0.1, 0.15) is 16.8 Å². The molecule has 0 spiro atoms. The van der Waals surface area contributed by atoms with E-state index in [0.717, 1.165) is 28.3 Å². The fourth-order valence-corrected chi connectivity index (χ4v) is 2.44. The molecule has 0 fully saturated rings. The lowest BCUT2D eigenvalue weighted by Gasteiger charge is -2.01. The van der Waals surface area contributed by atoms with Crippen LogP contribution in [0.3, 0.4) is 0 Å². The topological polar surface area (TPSA) is 62.2 Å². The molecule has 0 radical (unpaired) electrons. The molecule has 24 heavy (non-hydrogen) atoms. The van der Waals surface area contributed by atoms with Crippen molar-refractivity contribution in [1.29, 1.82) is 0 Å². The average Bonchev–Trinajstić information content (AvgIpc) is 2.88. The van der Waals surface area contributed by atoms with Crippen LogP contribution in [0, 0.1) is 13.8 Å². The van der Waals surface area contributed by atoms with Crippen molar-refractivity contribution >= 4 is 17.6 Å². The number of aromatic amines is 1. The summed E-state index contributed by atoms with van der Waals surface area (Å²) in [6, 6.07) is 15.5. The highest BCUT2D eigenvalue weighted by Gasteiger charge is 2.10. The highest BCUT2D eigenvalue weighted by Crippen LogP contribution is 2.16. The van der Waals surface area contributed by atoms with Gasteiger partial charge < -0.3 is 5.32 Å². The Balaban J connectivity index is 1.92. The molecule has 0 aliphatic rings. The Kier molecular flexibility index (Phi) is 4.33. The molecule has 122 valence electrons.